The lowest BCUT2D eigenvalue weighted by Gasteiger charge is -2.29. The average molecular weight is 266 g/mol. The SMILES string of the molecule is C[C@@H](O)[C@H](NC(=O)c1cccn1C1CCC1)C(=O)O. The van der Waals surface area contributed by atoms with Crippen molar-refractivity contribution in [1.29, 1.82) is 0 Å². The van der Waals surface area contributed by atoms with Gasteiger partial charge in [0.05, 0.1) is 6.10 Å². The van der Waals surface area contributed by atoms with Gasteiger partial charge >= 0.3 is 5.97 Å². The lowest BCUT2D eigenvalue weighted by Crippen LogP contribution is -2.48. The molecular formula is C13H18N2O4. The summed E-state index contributed by atoms with van der Waals surface area (Å²) >= 11 is 0. The lowest BCUT2D eigenvalue weighted by atomic mass is 9.93. The Hall–Kier alpha value is -1.82. The van der Waals surface area contributed by atoms with Gasteiger partial charge in [-0.15, -0.1) is 0 Å². The van der Waals surface area contributed by atoms with Gasteiger partial charge in [-0.05, 0) is 38.3 Å². The van der Waals surface area contributed by atoms with E-state index in [2.05, 4.69) is 5.32 Å². The van der Waals surface area contributed by atoms with E-state index >= 15 is 0 Å². The fraction of sp³-hybridized carbons (Fsp3) is 0.538. The summed E-state index contributed by atoms with van der Waals surface area (Å²) in [7, 11) is 0. The van der Waals surface area contributed by atoms with E-state index in [4.69, 9.17) is 5.11 Å². The molecule has 1 saturated carbocycles. The van der Waals surface area contributed by atoms with Crippen LogP contribution < -0.4 is 5.32 Å². The van der Waals surface area contributed by atoms with E-state index in [1.807, 2.05) is 10.8 Å². The van der Waals surface area contributed by atoms with Gasteiger partial charge in [0.2, 0.25) is 0 Å². The molecular weight excluding hydrogens is 248 g/mol. The topological polar surface area (TPSA) is 91.6 Å². The first kappa shape index (κ1) is 13.6. The number of hydrogen-bond donors (Lipinski definition) is 3. The van der Waals surface area contributed by atoms with Crippen LogP contribution in [0.2, 0.25) is 0 Å². The summed E-state index contributed by atoms with van der Waals surface area (Å²) in [6, 6.07) is 2.46. The number of carboxylic acid groups (broad SMARTS) is 1. The third-order valence-electron chi connectivity index (χ3n) is 3.51. The number of aliphatic carboxylic acids is 1. The van der Waals surface area contributed by atoms with Crippen molar-refractivity contribution in [1.82, 2.24) is 9.88 Å². The van der Waals surface area contributed by atoms with Crippen LogP contribution in [0, 0.1) is 0 Å². The van der Waals surface area contributed by atoms with Gasteiger partial charge in [0.25, 0.3) is 5.91 Å². The molecule has 1 aliphatic rings. The van der Waals surface area contributed by atoms with E-state index in [1.165, 1.54) is 6.92 Å². The summed E-state index contributed by atoms with van der Waals surface area (Å²) in [5.74, 6) is -1.71. The van der Waals surface area contributed by atoms with Crippen LogP contribution in [0.15, 0.2) is 18.3 Å². The molecule has 2 rings (SSSR count). The zero-order chi connectivity index (χ0) is 14.0. The van der Waals surface area contributed by atoms with Gasteiger partial charge in [0.1, 0.15) is 5.69 Å². The predicted molar refractivity (Wildman–Crippen MR) is 67.9 cm³/mol. The van der Waals surface area contributed by atoms with E-state index in [0.717, 1.165) is 19.3 Å². The number of carbonyl (C=O) groups excluding carboxylic acids is 1. The first-order valence-corrected chi connectivity index (χ1v) is 6.39. The molecule has 0 aromatic carbocycles. The molecule has 2 atom stereocenters. The first-order valence-electron chi connectivity index (χ1n) is 6.39. The quantitative estimate of drug-likeness (QED) is 0.734. The molecule has 1 fully saturated rings. The Morgan fingerprint density at radius 2 is 2.16 bits per heavy atom. The number of carboxylic acids is 1. The van der Waals surface area contributed by atoms with Gasteiger partial charge < -0.3 is 20.1 Å². The van der Waals surface area contributed by atoms with Gasteiger partial charge in [-0.3, -0.25) is 4.79 Å². The summed E-state index contributed by atoms with van der Waals surface area (Å²) in [6.45, 7) is 1.34. The third-order valence-corrected chi connectivity index (χ3v) is 3.51. The molecule has 1 aliphatic carbocycles. The van der Waals surface area contributed by atoms with E-state index in [1.54, 1.807) is 12.1 Å². The minimum atomic E-state index is -1.29. The highest BCUT2D eigenvalue weighted by Gasteiger charge is 2.28. The summed E-state index contributed by atoms with van der Waals surface area (Å²) in [5, 5.41) is 20.7. The molecule has 104 valence electrons. The van der Waals surface area contributed by atoms with E-state index in [0.29, 0.717) is 11.7 Å². The number of aromatic nitrogens is 1. The number of aliphatic hydroxyl groups is 1. The first-order chi connectivity index (χ1) is 9.00. The second-order valence-corrected chi connectivity index (χ2v) is 4.92. The Balaban J connectivity index is 2.11. The van der Waals surface area contributed by atoms with E-state index in [-0.39, 0.29) is 0 Å². The van der Waals surface area contributed by atoms with Gasteiger partial charge in [0, 0.05) is 12.2 Å². The number of nitrogens with zero attached hydrogens (tertiary/aromatic N) is 1. The molecule has 1 heterocycles. The van der Waals surface area contributed by atoms with Crippen molar-refractivity contribution in [3.63, 3.8) is 0 Å². The Kier molecular flexibility index (Phi) is 3.90. The number of hydrogen-bond acceptors (Lipinski definition) is 3. The molecule has 6 heteroatoms. The van der Waals surface area contributed by atoms with Crippen LogP contribution in [-0.4, -0.2) is 38.8 Å². The molecule has 6 nitrogen and oxygen atoms in total. The highest BCUT2D eigenvalue weighted by Crippen LogP contribution is 2.32. The van der Waals surface area contributed by atoms with E-state index in [9.17, 15) is 14.7 Å². The molecule has 19 heavy (non-hydrogen) atoms. The molecule has 0 bridgehead atoms. The maximum absolute atomic E-state index is 12.1. The number of aliphatic hydroxyl groups excluding tert-OH is 1. The van der Waals surface area contributed by atoms with Crippen LogP contribution >= 0.6 is 0 Å². The Bertz CT molecular complexity index is 477. The normalized spacial score (nSPS) is 18.4. The second kappa shape index (κ2) is 5.44. The maximum Gasteiger partial charge on any atom is 0.328 e. The van der Waals surface area contributed by atoms with Gasteiger partial charge in [-0.2, -0.15) is 0 Å². The highest BCUT2D eigenvalue weighted by atomic mass is 16.4. The van der Waals surface area contributed by atoms with E-state index < -0.39 is 24.0 Å². The molecule has 1 aromatic heterocycles. The van der Waals surface area contributed by atoms with Crippen LogP contribution in [0.25, 0.3) is 0 Å². The molecule has 3 N–H and O–H groups in total. The average Bonchev–Trinajstić information content (AvgIpc) is 2.71. The zero-order valence-electron chi connectivity index (χ0n) is 10.7. The standard InChI is InChI=1S/C13H18N2O4/c1-8(16)11(13(18)19)14-12(17)10-6-3-7-15(10)9-4-2-5-9/h3,6-9,11,16H,2,4-5H2,1H3,(H,14,17)(H,18,19)/t8-,11+/m1/s1. The smallest absolute Gasteiger partial charge is 0.328 e. The molecule has 0 spiro atoms. The fourth-order valence-corrected chi connectivity index (χ4v) is 2.17. The summed E-state index contributed by atoms with van der Waals surface area (Å²) in [5.41, 5.74) is 0.441. The third kappa shape index (κ3) is 2.78. The number of carbonyl (C=O) groups is 2. The Labute approximate surface area is 111 Å². The van der Waals surface area contributed by atoms with Gasteiger partial charge in [0.15, 0.2) is 6.04 Å². The molecule has 0 aliphatic heterocycles. The van der Waals surface area contributed by atoms with Crippen LogP contribution in [0.1, 0.15) is 42.7 Å². The molecule has 0 unspecified atom stereocenters. The predicted octanol–water partition coefficient (Wildman–Crippen LogP) is 0.777. The van der Waals surface area contributed by atoms with Crippen molar-refractivity contribution in [2.45, 2.75) is 44.4 Å². The summed E-state index contributed by atoms with van der Waals surface area (Å²) < 4.78 is 1.87. The van der Waals surface area contributed by atoms with Gasteiger partial charge in [-0.1, -0.05) is 0 Å². The Morgan fingerprint density at radius 1 is 1.47 bits per heavy atom. The maximum atomic E-state index is 12.1. The zero-order valence-corrected chi connectivity index (χ0v) is 10.7. The van der Waals surface area contributed by atoms with Crippen molar-refractivity contribution in [3.8, 4) is 0 Å². The molecule has 0 radical (unpaired) electrons. The fourth-order valence-electron chi connectivity index (χ4n) is 2.17. The van der Waals surface area contributed by atoms with Crippen molar-refractivity contribution < 1.29 is 19.8 Å². The van der Waals surface area contributed by atoms with Crippen molar-refractivity contribution in [2.75, 3.05) is 0 Å². The van der Waals surface area contributed by atoms with Crippen LogP contribution in [0.4, 0.5) is 0 Å². The summed E-state index contributed by atoms with van der Waals surface area (Å²) in [4.78, 5) is 23.0. The van der Waals surface area contributed by atoms with Crippen LogP contribution in [0.5, 0.6) is 0 Å². The molecule has 1 amide bonds. The molecule has 0 saturated heterocycles. The van der Waals surface area contributed by atoms with Crippen LogP contribution in [-0.2, 0) is 4.79 Å². The minimum absolute atomic E-state index is 0.325. The number of nitrogens with one attached hydrogen (secondary N) is 1. The number of rotatable bonds is 5. The Morgan fingerprint density at radius 3 is 2.63 bits per heavy atom. The minimum Gasteiger partial charge on any atom is -0.480 e. The highest BCUT2D eigenvalue weighted by molar-refractivity contribution is 5.95. The second-order valence-electron chi connectivity index (χ2n) is 4.92. The largest absolute Gasteiger partial charge is 0.480 e. The van der Waals surface area contributed by atoms with Crippen molar-refractivity contribution in [3.05, 3.63) is 24.0 Å². The van der Waals surface area contributed by atoms with Crippen LogP contribution in [0.3, 0.4) is 0 Å². The lowest BCUT2D eigenvalue weighted by molar-refractivity contribution is -0.141. The number of amides is 1. The monoisotopic (exact) mass is 266 g/mol. The summed E-state index contributed by atoms with van der Waals surface area (Å²) in [6.07, 6.45) is 3.90. The van der Waals surface area contributed by atoms with Gasteiger partial charge in [-0.25, -0.2) is 4.79 Å². The van der Waals surface area contributed by atoms with Crippen molar-refractivity contribution in [2.24, 2.45) is 0 Å². The van der Waals surface area contributed by atoms with Crippen molar-refractivity contribution >= 4 is 11.9 Å². The molecule has 1 aromatic rings.